The van der Waals surface area contributed by atoms with Crippen molar-refractivity contribution in [3.63, 3.8) is 0 Å². The van der Waals surface area contributed by atoms with Gasteiger partial charge >= 0.3 is 0 Å². The molecule has 0 amide bonds. The molecule has 7 rings (SSSR count). The smallest absolute Gasteiger partial charge is 0.186 e. The van der Waals surface area contributed by atoms with E-state index in [0.29, 0.717) is 37.0 Å². The van der Waals surface area contributed by atoms with Gasteiger partial charge in [-0.2, -0.15) is 0 Å². The first-order valence-electron chi connectivity index (χ1n) is 23.4. The number of rotatable bonds is 14. The average molecular weight is 905 g/mol. The zero-order valence-electron chi connectivity index (χ0n) is 37.2. The minimum atomic E-state index is -1.67. The van der Waals surface area contributed by atoms with Crippen molar-refractivity contribution in [1.29, 1.82) is 0 Å². The Morgan fingerprint density at radius 1 is 0.667 bits per heavy atom. The fourth-order valence-electron chi connectivity index (χ4n) is 13.1. The molecule has 4 aliphatic carbocycles. The van der Waals surface area contributed by atoms with E-state index in [1.165, 1.54) is 5.57 Å². The van der Waals surface area contributed by atoms with E-state index in [9.17, 15) is 61.3 Å². The van der Waals surface area contributed by atoms with Gasteiger partial charge in [0.15, 0.2) is 18.9 Å². The van der Waals surface area contributed by atoms with Gasteiger partial charge in [0.25, 0.3) is 0 Å². The summed E-state index contributed by atoms with van der Waals surface area (Å²) in [5, 5.41) is 125. The molecule has 364 valence electrons. The number of aliphatic hydroxyl groups is 12. The third kappa shape index (κ3) is 9.44. The molecule has 25 atom stereocenters. The van der Waals surface area contributed by atoms with Gasteiger partial charge < -0.3 is 89.7 Å². The highest BCUT2D eigenvalue weighted by atomic mass is 16.7. The lowest BCUT2D eigenvalue weighted by atomic mass is 9.47. The normalized spacial score (nSPS) is 51.2. The van der Waals surface area contributed by atoms with Gasteiger partial charge in [-0.25, -0.2) is 0 Å². The Balaban J connectivity index is 0.956. The van der Waals surface area contributed by atoms with Crippen molar-refractivity contribution in [2.75, 3.05) is 19.8 Å². The van der Waals surface area contributed by atoms with Crippen LogP contribution in [0.3, 0.4) is 0 Å². The maximum atomic E-state index is 11.8. The molecular formula is C45H76O18. The van der Waals surface area contributed by atoms with Crippen LogP contribution in [0.4, 0.5) is 0 Å². The first kappa shape index (κ1) is 49.9. The summed E-state index contributed by atoms with van der Waals surface area (Å²) in [5.41, 5.74) is 1.13. The third-order valence-electron chi connectivity index (χ3n) is 16.9. The van der Waals surface area contributed by atoms with Crippen molar-refractivity contribution >= 4 is 0 Å². The van der Waals surface area contributed by atoms with Crippen LogP contribution in [0.1, 0.15) is 92.4 Å². The van der Waals surface area contributed by atoms with Gasteiger partial charge in [0.1, 0.15) is 73.2 Å². The number of allylic oxidation sites excluding steroid dienone is 1. The monoisotopic (exact) mass is 905 g/mol. The second kappa shape index (κ2) is 19.9. The minimum Gasteiger partial charge on any atom is -0.394 e. The predicted molar refractivity (Wildman–Crippen MR) is 220 cm³/mol. The van der Waals surface area contributed by atoms with Gasteiger partial charge in [-0.1, -0.05) is 46.3 Å². The lowest BCUT2D eigenvalue weighted by molar-refractivity contribution is -0.336. The molecule has 7 aliphatic rings. The molecule has 63 heavy (non-hydrogen) atoms. The first-order chi connectivity index (χ1) is 29.7. The molecule has 0 unspecified atom stereocenters. The largest absolute Gasteiger partial charge is 0.394 e. The topological polar surface area (TPSA) is 298 Å². The second-order valence-electron chi connectivity index (χ2n) is 20.8. The molecule has 0 aromatic carbocycles. The highest BCUT2D eigenvalue weighted by Crippen LogP contribution is 2.67. The molecular weight excluding hydrogens is 828 g/mol. The Bertz CT molecular complexity index is 1530. The molecule has 3 saturated carbocycles. The Labute approximate surface area is 369 Å². The van der Waals surface area contributed by atoms with E-state index >= 15 is 0 Å². The molecule has 6 fully saturated rings. The molecule has 0 spiro atoms. The van der Waals surface area contributed by atoms with Crippen LogP contribution < -0.4 is 0 Å². The molecule has 0 bridgehead atoms. The molecule has 0 aromatic rings. The van der Waals surface area contributed by atoms with Crippen molar-refractivity contribution in [2.45, 2.75) is 203 Å². The van der Waals surface area contributed by atoms with Crippen molar-refractivity contribution in [3.8, 4) is 0 Å². The van der Waals surface area contributed by atoms with Gasteiger partial charge in [0.05, 0.1) is 38.1 Å². The zero-order chi connectivity index (χ0) is 45.9. The fourth-order valence-corrected chi connectivity index (χ4v) is 13.1. The van der Waals surface area contributed by atoms with Crippen LogP contribution in [0.2, 0.25) is 0 Å². The minimum absolute atomic E-state index is 0.0470. The summed E-state index contributed by atoms with van der Waals surface area (Å²) in [5.74, 6) is 1.42. The highest BCUT2D eigenvalue weighted by Gasteiger charge is 2.62. The number of fused-ring (bicyclic) bond motifs is 5. The highest BCUT2D eigenvalue weighted by molar-refractivity contribution is 5.26. The standard InChI is InChI=1S/C45H76O18/c1-19(2)27(60-43-40(57)36(53)33(50)29(17-47)62-43)9-6-20(3)31-26(48)15-25-23-8-7-21-14-22(10-12-44(21,4)24(23)11-13-45(25,31)5)59-42-39(56)37(54)34(51)30(63-42)18-58-41-38(55)35(52)32(49)28(16-46)61-41/h7,19-20,22-43,46-57H,6,8-18H2,1-5H3/t20-,22+,23-,24+,25+,26+,27+,28-,29-,30-,31+,32-,33-,34-,35+,36+,37+,38-,39-,40-,41-,42-,43-,44+,45+/m1/s1. The lowest BCUT2D eigenvalue weighted by Gasteiger charge is -2.58. The summed E-state index contributed by atoms with van der Waals surface area (Å²) in [4.78, 5) is 0. The summed E-state index contributed by atoms with van der Waals surface area (Å²) in [6.45, 7) is 9.35. The van der Waals surface area contributed by atoms with E-state index in [0.717, 1.165) is 38.5 Å². The third-order valence-corrected chi connectivity index (χ3v) is 16.9. The number of hydrogen-bond acceptors (Lipinski definition) is 18. The maximum absolute atomic E-state index is 11.8. The van der Waals surface area contributed by atoms with Crippen LogP contribution in [0.25, 0.3) is 0 Å². The van der Waals surface area contributed by atoms with Gasteiger partial charge in [-0.15, -0.1) is 0 Å². The van der Waals surface area contributed by atoms with Gasteiger partial charge in [-0.3, -0.25) is 0 Å². The zero-order valence-corrected chi connectivity index (χ0v) is 37.2. The van der Waals surface area contributed by atoms with Crippen molar-refractivity contribution in [1.82, 2.24) is 0 Å². The summed E-state index contributed by atoms with van der Waals surface area (Å²) < 4.78 is 35.2. The van der Waals surface area contributed by atoms with Crippen LogP contribution in [-0.2, 0) is 28.4 Å². The quantitative estimate of drug-likeness (QED) is 0.0912. The average Bonchev–Trinajstić information content (AvgIpc) is 3.53. The van der Waals surface area contributed by atoms with Gasteiger partial charge in [-0.05, 0) is 104 Å². The summed E-state index contributed by atoms with van der Waals surface area (Å²) in [7, 11) is 0. The Morgan fingerprint density at radius 2 is 1.24 bits per heavy atom. The molecule has 12 N–H and O–H groups in total. The molecule has 18 nitrogen and oxygen atoms in total. The van der Waals surface area contributed by atoms with E-state index in [-0.39, 0.29) is 40.8 Å². The Morgan fingerprint density at radius 3 is 1.86 bits per heavy atom. The number of aliphatic hydroxyl groups excluding tert-OH is 12. The molecule has 0 aromatic heterocycles. The molecule has 3 heterocycles. The van der Waals surface area contributed by atoms with Gasteiger partial charge in [0.2, 0.25) is 0 Å². The van der Waals surface area contributed by atoms with E-state index < -0.39 is 118 Å². The van der Waals surface area contributed by atoms with Gasteiger partial charge in [0, 0.05) is 0 Å². The summed E-state index contributed by atoms with van der Waals surface area (Å²) >= 11 is 0. The van der Waals surface area contributed by atoms with Crippen LogP contribution >= 0.6 is 0 Å². The van der Waals surface area contributed by atoms with Crippen LogP contribution in [0, 0.1) is 46.3 Å². The molecule has 0 radical (unpaired) electrons. The SMILES string of the molecule is CC(C)[C@H](CC[C@@H](C)[C@H]1[C@@H](O)C[C@H]2[C@@H]3CC=C4C[C@@H](O[C@@H]5O[C@H](CO[C@@H]6O[C@H](CO)[C@@H](O)[C@H](O)[C@H]6O)[C@@H](O)[C@H](O)[C@H]5O)CC[C@]4(C)[C@H]3CC[C@]12C)O[C@@H]1O[C@H](CO)[C@@H](O)[C@H](O)[C@H]1O. The Kier molecular flexibility index (Phi) is 15.8. The second-order valence-corrected chi connectivity index (χ2v) is 20.8. The number of ether oxygens (including phenoxy) is 6. The van der Waals surface area contributed by atoms with Crippen molar-refractivity contribution in [3.05, 3.63) is 11.6 Å². The lowest BCUT2D eigenvalue weighted by Crippen LogP contribution is -2.62. The van der Waals surface area contributed by atoms with E-state index in [2.05, 4.69) is 26.8 Å². The predicted octanol–water partition coefficient (Wildman–Crippen LogP) is -1.20. The molecule has 3 saturated heterocycles. The van der Waals surface area contributed by atoms with E-state index in [1.807, 2.05) is 13.8 Å². The Hall–Kier alpha value is -0.980. The maximum Gasteiger partial charge on any atom is 0.186 e. The van der Waals surface area contributed by atoms with E-state index in [1.54, 1.807) is 0 Å². The molecule has 3 aliphatic heterocycles. The summed E-state index contributed by atoms with van der Waals surface area (Å²) in [6, 6.07) is 0. The first-order valence-corrected chi connectivity index (χ1v) is 23.4. The summed E-state index contributed by atoms with van der Waals surface area (Å²) in [6.07, 6.45) is -13.2. The fraction of sp³-hybridized carbons (Fsp3) is 0.956. The van der Waals surface area contributed by atoms with Crippen LogP contribution in [0.15, 0.2) is 11.6 Å². The molecule has 18 heteroatoms. The van der Waals surface area contributed by atoms with Crippen molar-refractivity contribution in [2.24, 2.45) is 46.3 Å². The van der Waals surface area contributed by atoms with Crippen molar-refractivity contribution < 1.29 is 89.7 Å². The van der Waals surface area contributed by atoms with Crippen LogP contribution in [-0.4, -0.2) is 192 Å². The van der Waals surface area contributed by atoms with Crippen LogP contribution in [0.5, 0.6) is 0 Å². The van der Waals surface area contributed by atoms with E-state index in [4.69, 9.17) is 28.4 Å². The number of hydrogen-bond donors (Lipinski definition) is 12.